The van der Waals surface area contributed by atoms with Gasteiger partial charge in [-0.15, -0.1) is 0 Å². The smallest absolute Gasteiger partial charge is 0.338 e. The lowest BCUT2D eigenvalue weighted by Crippen LogP contribution is -2.12. The predicted octanol–water partition coefficient (Wildman–Crippen LogP) is 7.75. The lowest BCUT2D eigenvalue weighted by Gasteiger charge is -2.17. The zero-order chi connectivity index (χ0) is 30.7. The molecular weight excluding hydrogens is 528 g/mol. The van der Waals surface area contributed by atoms with E-state index in [2.05, 4.69) is 57.0 Å². The number of hydrogen-bond acceptors (Lipinski definition) is 6. The minimum absolute atomic E-state index is 0.119. The first-order valence-corrected chi connectivity index (χ1v) is 13.8. The zero-order valence-corrected chi connectivity index (χ0v) is 24.9. The highest BCUT2D eigenvalue weighted by atomic mass is 16.6. The first-order valence-electron chi connectivity index (χ1n) is 13.8. The number of esters is 3. The van der Waals surface area contributed by atoms with Gasteiger partial charge in [0.15, 0.2) is 11.5 Å². The quantitative estimate of drug-likeness (QED) is 0.150. The van der Waals surface area contributed by atoms with E-state index in [-0.39, 0.29) is 34.5 Å². The van der Waals surface area contributed by atoms with E-state index in [0.29, 0.717) is 12.2 Å². The summed E-state index contributed by atoms with van der Waals surface area (Å²) < 4.78 is 16.4. The molecule has 0 spiro atoms. The summed E-state index contributed by atoms with van der Waals surface area (Å²) in [5.41, 5.74) is 9.38. The Morgan fingerprint density at radius 2 is 1.24 bits per heavy atom. The molecule has 0 radical (unpaired) electrons. The molecule has 1 aliphatic carbocycles. The van der Waals surface area contributed by atoms with E-state index in [1.54, 1.807) is 32.9 Å². The van der Waals surface area contributed by atoms with Crippen molar-refractivity contribution in [2.45, 2.75) is 53.4 Å². The third-order valence-corrected chi connectivity index (χ3v) is 7.35. The van der Waals surface area contributed by atoms with Crippen LogP contribution in [0.2, 0.25) is 0 Å². The number of hydrogen-bond donors (Lipinski definition) is 0. The summed E-state index contributed by atoms with van der Waals surface area (Å²) in [7, 11) is 0. The third kappa shape index (κ3) is 6.60. The van der Waals surface area contributed by atoms with Gasteiger partial charge in [-0.3, -0.25) is 0 Å². The first-order chi connectivity index (χ1) is 19.8. The summed E-state index contributed by atoms with van der Waals surface area (Å²) in [6.07, 6.45) is 1.90. The van der Waals surface area contributed by atoms with Crippen LogP contribution < -0.4 is 9.47 Å². The summed E-state index contributed by atoms with van der Waals surface area (Å²) >= 11 is 0. The molecule has 1 atom stereocenters. The van der Waals surface area contributed by atoms with E-state index in [1.807, 2.05) is 13.0 Å². The molecule has 0 saturated heterocycles. The minimum Gasteiger partial charge on any atom is -0.462 e. The van der Waals surface area contributed by atoms with Gasteiger partial charge in [-0.1, -0.05) is 56.1 Å². The maximum atomic E-state index is 12.4. The van der Waals surface area contributed by atoms with Gasteiger partial charge in [-0.05, 0) is 104 Å². The van der Waals surface area contributed by atoms with Crippen molar-refractivity contribution in [2.75, 3.05) is 6.61 Å². The molecule has 42 heavy (non-hydrogen) atoms. The van der Waals surface area contributed by atoms with Crippen molar-refractivity contribution in [1.29, 1.82) is 0 Å². The molecule has 1 aliphatic rings. The van der Waals surface area contributed by atoms with Crippen LogP contribution in [0.3, 0.4) is 0 Å². The van der Waals surface area contributed by atoms with Gasteiger partial charge in [0.05, 0.1) is 6.61 Å². The standard InChI is InChI=1S/C36H36O6/c1-20(2)34(37)40-19-28-12-10-25-9-11-26(17-31(25)28)29-15-24(8)30(16-23(29)7)27-13-14-32(41-35(38)21(3)4)33(18-27)42-36(39)22(5)6/h9,11,13-18,28H,1,3,5,10,12,19H2,2,4,6-8H3. The van der Waals surface area contributed by atoms with Crippen LogP contribution in [0.4, 0.5) is 0 Å². The fourth-order valence-corrected chi connectivity index (χ4v) is 4.98. The molecular formula is C36H36O6. The fourth-order valence-electron chi connectivity index (χ4n) is 4.98. The lowest BCUT2D eigenvalue weighted by molar-refractivity contribution is -0.139. The maximum absolute atomic E-state index is 12.4. The van der Waals surface area contributed by atoms with E-state index >= 15 is 0 Å². The second-order valence-corrected chi connectivity index (χ2v) is 11.0. The van der Waals surface area contributed by atoms with Crippen LogP contribution in [0.1, 0.15) is 55.4 Å². The molecule has 4 rings (SSSR count). The van der Waals surface area contributed by atoms with Gasteiger partial charge in [0.25, 0.3) is 0 Å². The van der Waals surface area contributed by atoms with Gasteiger partial charge in [-0.25, -0.2) is 14.4 Å². The molecule has 3 aromatic rings. The van der Waals surface area contributed by atoms with E-state index in [1.165, 1.54) is 11.1 Å². The predicted molar refractivity (Wildman–Crippen MR) is 165 cm³/mol. The number of ether oxygens (including phenoxy) is 3. The molecule has 0 amide bonds. The molecule has 1 unspecified atom stereocenters. The molecule has 6 heteroatoms. The summed E-state index contributed by atoms with van der Waals surface area (Å²) in [6.45, 7) is 20.1. The van der Waals surface area contributed by atoms with Crippen molar-refractivity contribution in [1.82, 2.24) is 0 Å². The Kier molecular flexibility index (Phi) is 8.96. The van der Waals surface area contributed by atoms with Crippen LogP contribution in [-0.4, -0.2) is 24.5 Å². The molecule has 3 aromatic carbocycles. The van der Waals surface area contributed by atoms with Gasteiger partial charge in [-0.2, -0.15) is 0 Å². The Bertz CT molecular complexity index is 1640. The van der Waals surface area contributed by atoms with Crippen LogP contribution in [0.25, 0.3) is 22.3 Å². The molecule has 0 heterocycles. The molecule has 216 valence electrons. The number of benzene rings is 3. The number of rotatable bonds is 9. The lowest BCUT2D eigenvalue weighted by atomic mass is 9.90. The molecule has 0 aromatic heterocycles. The van der Waals surface area contributed by atoms with Gasteiger partial charge in [0.1, 0.15) is 0 Å². The topological polar surface area (TPSA) is 78.9 Å². The van der Waals surface area contributed by atoms with E-state index < -0.39 is 11.9 Å². The van der Waals surface area contributed by atoms with Crippen molar-refractivity contribution in [3.8, 4) is 33.8 Å². The van der Waals surface area contributed by atoms with Crippen molar-refractivity contribution in [3.05, 3.63) is 107 Å². The Balaban J connectivity index is 1.67. The van der Waals surface area contributed by atoms with Crippen molar-refractivity contribution < 1.29 is 28.6 Å². The highest BCUT2D eigenvalue weighted by Crippen LogP contribution is 2.40. The molecule has 0 bridgehead atoms. The maximum Gasteiger partial charge on any atom is 0.338 e. The Morgan fingerprint density at radius 1 is 0.714 bits per heavy atom. The van der Waals surface area contributed by atoms with Crippen LogP contribution in [0.15, 0.2) is 85.0 Å². The van der Waals surface area contributed by atoms with Gasteiger partial charge >= 0.3 is 17.9 Å². The SMILES string of the molecule is C=C(C)C(=O)OCC1CCc2ccc(-c3cc(C)c(-c4ccc(OC(=O)C(=C)C)c(OC(=O)C(=C)C)c4)cc3C)cc21. The summed E-state index contributed by atoms with van der Waals surface area (Å²) in [5.74, 6) is -1.20. The number of fused-ring (bicyclic) bond motifs is 1. The normalized spacial score (nSPS) is 13.6. The van der Waals surface area contributed by atoms with Gasteiger partial charge in [0, 0.05) is 22.6 Å². The monoisotopic (exact) mass is 564 g/mol. The average Bonchev–Trinajstić information content (AvgIpc) is 3.35. The summed E-state index contributed by atoms with van der Waals surface area (Å²) in [4.78, 5) is 36.5. The minimum atomic E-state index is -0.618. The van der Waals surface area contributed by atoms with Crippen LogP contribution in [0.5, 0.6) is 11.5 Å². The van der Waals surface area contributed by atoms with E-state index in [4.69, 9.17) is 14.2 Å². The molecule has 0 saturated carbocycles. The fraction of sp³-hybridized carbons (Fsp3) is 0.250. The Morgan fingerprint density at radius 3 is 1.81 bits per heavy atom. The number of aryl methyl sites for hydroxylation is 3. The van der Waals surface area contributed by atoms with Crippen molar-refractivity contribution in [2.24, 2.45) is 0 Å². The van der Waals surface area contributed by atoms with Crippen LogP contribution >= 0.6 is 0 Å². The summed E-state index contributed by atoms with van der Waals surface area (Å²) in [5, 5.41) is 0. The second kappa shape index (κ2) is 12.4. The van der Waals surface area contributed by atoms with E-state index in [9.17, 15) is 14.4 Å². The summed E-state index contributed by atoms with van der Waals surface area (Å²) in [6, 6.07) is 15.9. The second-order valence-electron chi connectivity index (χ2n) is 11.0. The molecule has 6 nitrogen and oxygen atoms in total. The van der Waals surface area contributed by atoms with Crippen molar-refractivity contribution in [3.63, 3.8) is 0 Å². The van der Waals surface area contributed by atoms with Gasteiger partial charge < -0.3 is 14.2 Å². The van der Waals surface area contributed by atoms with Crippen LogP contribution in [-0.2, 0) is 25.5 Å². The Hall–Kier alpha value is -4.71. The molecule has 0 fully saturated rings. The largest absolute Gasteiger partial charge is 0.462 e. The third-order valence-electron chi connectivity index (χ3n) is 7.35. The number of carbonyl (C=O) groups excluding carboxylic acids is 3. The first kappa shape index (κ1) is 30.3. The van der Waals surface area contributed by atoms with Gasteiger partial charge in [0.2, 0.25) is 0 Å². The molecule has 0 aliphatic heterocycles. The van der Waals surface area contributed by atoms with Crippen molar-refractivity contribution >= 4 is 17.9 Å². The zero-order valence-electron chi connectivity index (χ0n) is 24.9. The Labute approximate surface area is 247 Å². The average molecular weight is 565 g/mol. The van der Waals surface area contributed by atoms with E-state index in [0.717, 1.165) is 46.2 Å². The highest BCUT2D eigenvalue weighted by molar-refractivity contribution is 5.91. The number of carbonyl (C=O) groups is 3. The molecule has 0 N–H and O–H groups in total. The highest BCUT2D eigenvalue weighted by Gasteiger charge is 2.25. The van der Waals surface area contributed by atoms with Crippen LogP contribution in [0, 0.1) is 13.8 Å².